The van der Waals surface area contributed by atoms with Crippen molar-refractivity contribution in [3.8, 4) is 11.5 Å². The number of halogens is 1. The summed E-state index contributed by atoms with van der Waals surface area (Å²) in [5.41, 5.74) is 1.25. The molecule has 1 aromatic carbocycles. The normalized spacial score (nSPS) is 16.7. The van der Waals surface area contributed by atoms with E-state index in [1.54, 1.807) is 0 Å². The van der Waals surface area contributed by atoms with Crippen molar-refractivity contribution in [1.29, 1.82) is 0 Å². The molecular formula is C19H28IN7O2. The highest BCUT2D eigenvalue weighted by Crippen LogP contribution is 2.32. The van der Waals surface area contributed by atoms with Gasteiger partial charge in [0, 0.05) is 46.8 Å². The van der Waals surface area contributed by atoms with Gasteiger partial charge in [-0.15, -0.1) is 34.2 Å². The summed E-state index contributed by atoms with van der Waals surface area (Å²) in [6.45, 7) is 7.62. The topological polar surface area (TPSA) is 80.0 Å². The monoisotopic (exact) mass is 513 g/mol. The Morgan fingerprint density at radius 2 is 1.90 bits per heavy atom. The Morgan fingerprint density at radius 1 is 1.14 bits per heavy atom. The Hall–Kier alpha value is -2.08. The molecule has 0 unspecified atom stereocenters. The highest BCUT2D eigenvalue weighted by Gasteiger charge is 2.21. The van der Waals surface area contributed by atoms with Gasteiger partial charge < -0.3 is 24.3 Å². The first-order valence-corrected chi connectivity index (χ1v) is 9.55. The Morgan fingerprint density at radius 3 is 2.59 bits per heavy atom. The molecule has 10 heteroatoms. The number of piperazine rings is 1. The standard InChI is InChI=1S/C19H27N7O2.HI/c1-14-22-23-18(24(14)3)11-21-19(20-2)26-8-6-25(7-9-26)12-15-4-5-16-17(10-15)28-13-27-16;/h4-5,10H,6-9,11-13H2,1-3H3,(H,20,21);1H. The number of rotatable bonds is 4. The van der Waals surface area contributed by atoms with Gasteiger partial charge in [-0.3, -0.25) is 9.89 Å². The van der Waals surface area contributed by atoms with Crippen LogP contribution in [0.3, 0.4) is 0 Å². The third-order valence-corrected chi connectivity index (χ3v) is 5.31. The molecule has 0 bridgehead atoms. The number of hydrogen-bond acceptors (Lipinski definition) is 6. The Labute approximate surface area is 188 Å². The molecule has 0 spiro atoms. The molecule has 1 saturated heterocycles. The quantitative estimate of drug-likeness (QED) is 0.376. The SMILES string of the molecule is CN=C(NCc1nnc(C)n1C)N1CCN(Cc2ccc3c(c2)OCO3)CC1.I. The molecule has 158 valence electrons. The zero-order valence-electron chi connectivity index (χ0n) is 17.1. The summed E-state index contributed by atoms with van der Waals surface area (Å²) >= 11 is 0. The highest BCUT2D eigenvalue weighted by atomic mass is 127. The van der Waals surface area contributed by atoms with E-state index in [0.717, 1.165) is 61.8 Å². The summed E-state index contributed by atoms with van der Waals surface area (Å²) in [6, 6.07) is 6.19. The molecule has 1 aromatic heterocycles. The van der Waals surface area contributed by atoms with Gasteiger partial charge >= 0.3 is 0 Å². The number of benzene rings is 1. The molecular weight excluding hydrogens is 485 g/mol. The molecule has 0 aliphatic carbocycles. The van der Waals surface area contributed by atoms with E-state index >= 15 is 0 Å². The van der Waals surface area contributed by atoms with Crippen LogP contribution in [0.15, 0.2) is 23.2 Å². The third kappa shape index (κ3) is 4.92. The molecule has 1 N–H and O–H groups in total. The van der Waals surface area contributed by atoms with Crippen molar-refractivity contribution >= 4 is 29.9 Å². The van der Waals surface area contributed by atoms with Crippen molar-refractivity contribution in [3.63, 3.8) is 0 Å². The van der Waals surface area contributed by atoms with Crippen molar-refractivity contribution < 1.29 is 9.47 Å². The van der Waals surface area contributed by atoms with Crippen LogP contribution in [0.4, 0.5) is 0 Å². The van der Waals surface area contributed by atoms with E-state index < -0.39 is 0 Å². The first-order valence-electron chi connectivity index (χ1n) is 9.55. The van der Waals surface area contributed by atoms with Crippen LogP contribution in [0.25, 0.3) is 0 Å². The lowest BCUT2D eigenvalue weighted by molar-refractivity contribution is 0.171. The largest absolute Gasteiger partial charge is 0.454 e. The number of guanidine groups is 1. The smallest absolute Gasteiger partial charge is 0.231 e. The predicted octanol–water partition coefficient (Wildman–Crippen LogP) is 1.36. The molecule has 0 atom stereocenters. The van der Waals surface area contributed by atoms with Crippen LogP contribution in [-0.2, 0) is 20.1 Å². The van der Waals surface area contributed by atoms with Crippen LogP contribution in [0.1, 0.15) is 17.2 Å². The maximum atomic E-state index is 5.48. The number of nitrogens with one attached hydrogen (secondary N) is 1. The van der Waals surface area contributed by atoms with Gasteiger partial charge in [0.05, 0.1) is 6.54 Å². The van der Waals surface area contributed by atoms with Crippen molar-refractivity contribution in [2.24, 2.45) is 12.0 Å². The average Bonchev–Trinajstić information content (AvgIpc) is 3.30. The summed E-state index contributed by atoms with van der Waals surface area (Å²) in [7, 11) is 3.80. The summed E-state index contributed by atoms with van der Waals surface area (Å²) in [4.78, 5) is 9.18. The zero-order valence-corrected chi connectivity index (χ0v) is 19.4. The van der Waals surface area contributed by atoms with Gasteiger partial charge in [-0.1, -0.05) is 6.07 Å². The van der Waals surface area contributed by atoms with E-state index in [9.17, 15) is 0 Å². The van der Waals surface area contributed by atoms with E-state index in [1.165, 1.54) is 5.56 Å². The molecule has 1 fully saturated rings. The lowest BCUT2D eigenvalue weighted by atomic mass is 10.1. The first-order chi connectivity index (χ1) is 13.6. The number of fused-ring (bicyclic) bond motifs is 1. The molecule has 9 nitrogen and oxygen atoms in total. The number of hydrogen-bond donors (Lipinski definition) is 1. The fraction of sp³-hybridized carbons (Fsp3) is 0.526. The van der Waals surface area contributed by atoms with Gasteiger partial charge in [0.2, 0.25) is 6.79 Å². The minimum atomic E-state index is 0. The minimum absolute atomic E-state index is 0. The van der Waals surface area contributed by atoms with Gasteiger partial charge in [-0.05, 0) is 24.6 Å². The number of aliphatic imine (C=N–C) groups is 1. The molecule has 0 amide bonds. The number of aromatic nitrogens is 3. The second-order valence-corrected chi connectivity index (χ2v) is 7.07. The average molecular weight is 513 g/mol. The van der Waals surface area contributed by atoms with E-state index in [0.29, 0.717) is 13.3 Å². The van der Waals surface area contributed by atoms with E-state index in [1.807, 2.05) is 31.7 Å². The van der Waals surface area contributed by atoms with Gasteiger partial charge in [0.25, 0.3) is 0 Å². The number of ether oxygens (including phenoxy) is 2. The third-order valence-electron chi connectivity index (χ3n) is 5.31. The van der Waals surface area contributed by atoms with Crippen molar-refractivity contribution in [2.45, 2.75) is 20.0 Å². The fourth-order valence-electron chi connectivity index (χ4n) is 3.51. The van der Waals surface area contributed by atoms with Gasteiger partial charge in [0.15, 0.2) is 23.3 Å². The fourth-order valence-corrected chi connectivity index (χ4v) is 3.51. The second kappa shape index (κ2) is 9.61. The van der Waals surface area contributed by atoms with Crippen LogP contribution in [-0.4, -0.2) is 70.5 Å². The summed E-state index contributed by atoms with van der Waals surface area (Å²) in [5.74, 6) is 4.40. The molecule has 0 radical (unpaired) electrons. The molecule has 4 rings (SSSR count). The summed E-state index contributed by atoms with van der Waals surface area (Å²) in [5, 5.41) is 11.7. The molecule has 3 heterocycles. The van der Waals surface area contributed by atoms with E-state index in [2.05, 4.69) is 42.4 Å². The Kier molecular flexibility index (Phi) is 7.17. The number of nitrogens with zero attached hydrogens (tertiary/aromatic N) is 6. The first kappa shape index (κ1) is 21.6. The predicted molar refractivity (Wildman–Crippen MR) is 121 cm³/mol. The minimum Gasteiger partial charge on any atom is -0.454 e. The van der Waals surface area contributed by atoms with Crippen molar-refractivity contribution in [1.82, 2.24) is 29.9 Å². The van der Waals surface area contributed by atoms with Crippen LogP contribution < -0.4 is 14.8 Å². The summed E-state index contributed by atoms with van der Waals surface area (Å²) < 4.78 is 12.9. The molecule has 2 aromatic rings. The maximum Gasteiger partial charge on any atom is 0.231 e. The van der Waals surface area contributed by atoms with E-state index in [4.69, 9.17) is 9.47 Å². The Bertz CT molecular complexity index is 862. The summed E-state index contributed by atoms with van der Waals surface area (Å²) in [6.07, 6.45) is 0. The van der Waals surface area contributed by atoms with Gasteiger partial charge in [-0.2, -0.15) is 0 Å². The Balaban J connectivity index is 0.00000240. The molecule has 2 aliphatic rings. The van der Waals surface area contributed by atoms with Crippen LogP contribution in [0.2, 0.25) is 0 Å². The lowest BCUT2D eigenvalue weighted by Gasteiger charge is -2.36. The highest BCUT2D eigenvalue weighted by molar-refractivity contribution is 14.0. The molecule has 0 saturated carbocycles. The van der Waals surface area contributed by atoms with Gasteiger partial charge in [0.1, 0.15) is 5.82 Å². The van der Waals surface area contributed by atoms with Crippen LogP contribution in [0, 0.1) is 6.92 Å². The van der Waals surface area contributed by atoms with Crippen molar-refractivity contribution in [3.05, 3.63) is 35.4 Å². The van der Waals surface area contributed by atoms with Gasteiger partial charge in [-0.25, -0.2) is 0 Å². The van der Waals surface area contributed by atoms with E-state index in [-0.39, 0.29) is 24.0 Å². The molecule has 29 heavy (non-hydrogen) atoms. The number of aryl methyl sites for hydroxylation is 1. The van der Waals surface area contributed by atoms with Crippen molar-refractivity contribution in [2.75, 3.05) is 40.0 Å². The molecule has 2 aliphatic heterocycles. The lowest BCUT2D eigenvalue weighted by Crippen LogP contribution is -2.52. The maximum absolute atomic E-state index is 5.48. The van der Waals surface area contributed by atoms with Crippen LogP contribution in [0.5, 0.6) is 11.5 Å². The zero-order chi connectivity index (χ0) is 19.5. The van der Waals surface area contributed by atoms with Crippen LogP contribution >= 0.6 is 24.0 Å². The second-order valence-electron chi connectivity index (χ2n) is 7.07.